The van der Waals surface area contributed by atoms with Crippen molar-refractivity contribution < 1.29 is 15.0 Å². The second-order valence-electron chi connectivity index (χ2n) is 14.0. The van der Waals surface area contributed by atoms with Crippen molar-refractivity contribution in [1.82, 2.24) is 5.32 Å². The van der Waals surface area contributed by atoms with Gasteiger partial charge in [-0.1, -0.05) is 194 Å². The third-order valence-electron chi connectivity index (χ3n) is 9.05. The first-order chi connectivity index (χ1) is 26.2. The summed E-state index contributed by atoms with van der Waals surface area (Å²) in [6.45, 7) is 4.19. The van der Waals surface area contributed by atoms with Crippen molar-refractivity contribution in [1.29, 1.82) is 0 Å². The molecule has 0 rings (SSSR count). The Kier molecular flexibility index (Phi) is 41.0. The van der Waals surface area contributed by atoms with Gasteiger partial charge in [0, 0.05) is 6.42 Å². The van der Waals surface area contributed by atoms with E-state index in [1.807, 2.05) is 0 Å². The van der Waals surface area contributed by atoms with E-state index in [1.54, 1.807) is 0 Å². The first-order valence-corrected chi connectivity index (χ1v) is 21.6. The van der Waals surface area contributed by atoms with Gasteiger partial charge in [0.25, 0.3) is 0 Å². The van der Waals surface area contributed by atoms with E-state index in [0.29, 0.717) is 12.8 Å². The van der Waals surface area contributed by atoms with Crippen molar-refractivity contribution in [2.75, 3.05) is 6.61 Å². The van der Waals surface area contributed by atoms with Crippen LogP contribution in [0.5, 0.6) is 0 Å². The van der Waals surface area contributed by atoms with E-state index in [-0.39, 0.29) is 12.5 Å². The number of rotatable bonds is 37. The third kappa shape index (κ3) is 40.1. The van der Waals surface area contributed by atoms with Gasteiger partial charge in [-0.2, -0.15) is 0 Å². The molecule has 0 saturated carbocycles. The number of amides is 1. The molecule has 3 N–H and O–H groups in total. The highest BCUT2D eigenvalue weighted by atomic mass is 16.3. The monoisotopic (exact) mass is 732 g/mol. The van der Waals surface area contributed by atoms with Gasteiger partial charge in [0.2, 0.25) is 5.91 Å². The lowest BCUT2D eigenvalue weighted by atomic mass is 10.0. The van der Waals surface area contributed by atoms with Crippen LogP contribution in [0.1, 0.15) is 174 Å². The third-order valence-corrected chi connectivity index (χ3v) is 9.05. The van der Waals surface area contributed by atoms with Crippen LogP contribution in [0.4, 0.5) is 0 Å². The lowest BCUT2D eigenvalue weighted by molar-refractivity contribution is -0.123. The summed E-state index contributed by atoms with van der Waals surface area (Å²) in [7, 11) is 0. The van der Waals surface area contributed by atoms with Gasteiger partial charge in [0.05, 0.1) is 18.8 Å². The molecule has 0 aliphatic rings. The Balaban J connectivity index is 3.71. The maximum Gasteiger partial charge on any atom is 0.220 e. The predicted octanol–water partition coefficient (Wildman–Crippen LogP) is 13.6. The fraction of sp³-hybridized carbons (Fsp3) is 0.612. The maximum absolute atomic E-state index is 12.4. The van der Waals surface area contributed by atoms with Crippen molar-refractivity contribution in [3.8, 4) is 0 Å². The Morgan fingerprint density at radius 2 is 0.830 bits per heavy atom. The molecule has 0 aliphatic carbocycles. The highest BCUT2D eigenvalue weighted by molar-refractivity contribution is 5.76. The molecule has 0 aliphatic heterocycles. The lowest BCUT2D eigenvalue weighted by Gasteiger charge is -2.22. The second-order valence-corrected chi connectivity index (χ2v) is 14.0. The molecule has 0 heterocycles. The van der Waals surface area contributed by atoms with E-state index in [1.165, 1.54) is 51.4 Å². The minimum Gasteiger partial charge on any atom is -0.394 e. The molecule has 1 amide bonds. The lowest BCUT2D eigenvalue weighted by Crippen LogP contribution is -2.45. The SMILES string of the molecule is CC/C=C\C/C=C\C/C=C\C/C=C\C/C=C\C/C=C\C/C=C\C/C=C\C/C=C\CCCCCC(=O)NC(CO)C(O)CCCCCCCCCCCC. The Bertz CT molecular complexity index is 1060. The zero-order valence-corrected chi connectivity index (χ0v) is 34.2. The fourth-order valence-electron chi connectivity index (χ4n) is 5.76. The quantitative estimate of drug-likeness (QED) is 0.0440. The van der Waals surface area contributed by atoms with Gasteiger partial charge < -0.3 is 15.5 Å². The topological polar surface area (TPSA) is 69.6 Å². The predicted molar refractivity (Wildman–Crippen MR) is 234 cm³/mol. The number of nitrogens with one attached hydrogen (secondary N) is 1. The molecule has 0 spiro atoms. The average Bonchev–Trinajstić information content (AvgIpc) is 3.16. The summed E-state index contributed by atoms with van der Waals surface area (Å²) in [4.78, 5) is 12.4. The van der Waals surface area contributed by atoms with Crippen LogP contribution in [0, 0.1) is 0 Å². The highest BCUT2D eigenvalue weighted by Gasteiger charge is 2.19. The van der Waals surface area contributed by atoms with Crippen LogP contribution >= 0.6 is 0 Å². The second kappa shape index (κ2) is 43.5. The number of unbranched alkanes of at least 4 members (excludes halogenated alkanes) is 12. The Labute approximate surface area is 327 Å². The van der Waals surface area contributed by atoms with Crippen molar-refractivity contribution in [2.45, 2.75) is 187 Å². The zero-order valence-electron chi connectivity index (χ0n) is 34.2. The Morgan fingerprint density at radius 3 is 1.23 bits per heavy atom. The number of carbonyl (C=O) groups excluding carboxylic acids is 1. The summed E-state index contributed by atoms with van der Waals surface area (Å²) >= 11 is 0. The number of aliphatic hydroxyl groups excluding tert-OH is 2. The molecule has 0 aromatic heterocycles. The van der Waals surface area contributed by atoms with Crippen LogP contribution in [0.2, 0.25) is 0 Å². The van der Waals surface area contributed by atoms with Crippen LogP contribution < -0.4 is 5.32 Å². The van der Waals surface area contributed by atoms with Gasteiger partial charge in [-0.3, -0.25) is 4.79 Å². The van der Waals surface area contributed by atoms with Gasteiger partial charge in [0.1, 0.15) is 0 Å². The standard InChI is InChI=1S/C49H81NO3/c1-3-5-7-9-11-13-15-16-17-18-19-20-21-22-23-24-25-26-27-28-29-30-31-32-33-34-35-37-39-41-43-45-49(53)50-47(46-51)48(52)44-42-40-38-36-14-12-10-8-6-4-2/h5,7,11,13,16-17,19-20,22-23,25-26,28-29,31-32,34-35,47-48,51-52H,3-4,6,8-10,12,14-15,18,21,24,27,30,33,36-46H2,1-2H3,(H,50,53)/b7-5-,13-11-,17-16-,20-19-,23-22-,26-25-,29-28-,32-31-,35-34-. The minimum atomic E-state index is -0.679. The van der Waals surface area contributed by atoms with E-state index in [9.17, 15) is 15.0 Å². The molecule has 0 saturated heterocycles. The maximum atomic E-state index is 12.4. The molecule has 0 fully saturated rings. The molecule has 2 unspecified atom stereocenters. The summed E-state index contributed by atoms with van der Waals surface area (Å²) in [5.74, 6) is -0.0711. The van der Waals surface area contributed by atoms with Crippen LogP contribution in [-0.2, 0) is 4.79 Å². The summed E-state index contributed by atoms with van der Waals surface area (Å²) in [5, 5.41) is 23.0. The first-order valence-electron chi connectivity index (χ1n) is 21.6. The van der Waals surface area contributed by atoms with Crippen LogP contribution in [0.25, 0.3) is 0 Å². The molecular formula is C49H81NO3. The van der Waals surface area contributed by atoms with Gasteiger partial charge in [-0.05, 0) is 83.5 Å². The molecular weight excluding hydrogens is 651 g/mol. The average molecular weight is 732 g/mol. The molecule has 2 atom stereocenters. The molecule has 0 bridgehead atoms. The Hall–Kier alpha value is -2.95. The summed E-state index contributed by atoms with van der Waals surface area (Å²) < 4.78 is 0. The summed E-state index contributed by atoms with van der Waals surface area (Å²) in [5.41, 5.74) is 0. The molecule has 4 heteroatoms. The molecule has 0 radical (unpaired) electrons. The fourth-order valence-corrected chi connectivity index (χ4v) is 5.76. The number of allylic oxidation sites excluding steroid dienone is 18. The van der Waals surface area contributed by atoms with Crippen molar-refractivity contribution in [3.05, 3.63) is 109 Å². The largest absolute Gasteiger partial charge is 0.394 e. The normalized spacial score (nSPS) is 14.1. The van der Waals surface area contributed by atoms with Crippen LogP contribution in [0.15, 0.2) is 109 Å². The van der Waals surface area contributed by atoms with Crippen LogP contribution in [0.3, 0.4) is 0 Å². The highest BCUT2D eigenvalue weighted by Crippen LogP contribution is 2.13. The van der Waals surface area contributed by atoms with E-state index in [2.05, 4.69) is 129 Å². The van der Waals surface area contributed by atoms with E-state index >= 15 is 0 Å². The number of hydrogen-bond acceptors (Lipinski definition) is 3. The zero-order chi connectivity index (χ0) is 38.6. The number of carbonyl (C=O) groups is 1. The summed E-state index contributed by atoms with van der Waals surface area (Å²) in [6, 6.07) is -0.560. The molecule has 0 aromatic carbocycles. The Morgan fingerprint density at radius 1 is 0.472 bits per heavy atom. The molecule has 0 aromatic rings. The minimum absolute atomic E-state index is 0.0711. The van der Waals surface area contributed by atoms with Crippen molar-refractivity contribution in [2.24, 2.45) is 0 Å². The van der Waals surface area contributed by atoms with Gasteiger partial charge in [-0.15, -0.1) is 0 Å². The van der Waals surface area contributed by atoms with E-state index in [0.717, 1.165) is 96.3 Å². The van der Waals surface area contributed by atoms with E-state index < -0.39 is 12.1 Å². The van der Waals surface area contributed by atoms with Crippen molar-refractivity contribution >= 4 is 5.91 Å². The number of hydrogen-bond donors (Lipinski definition) is 3. The molecule has 4 nitrogen and oxygen atoms in total. The van der Waals surface area contributed by atoms with Gasteiger partial charge in [0.15, 0.2) is 0 Å². The molecule has 300 valence electrons. The summed E-state index contributed by atoms with van der Waals surface area (Å²) in [6.07, 6.45) is 65.9. The molecule has 53 heavy (non-hydrogen) atoms. The van der Waals surface area contributed by atoms with Gasteiger partial charge >= 0.3 is 0 Å². The van der Waals surface area contributed by atoms with Crippen LogP contribution in [-0.4, -0.2) is 34.9 Å². The first kappa shape index (κ1) is 50.1. The smallest absolute Gasteiger partial charge is 0.220 e. The van der Waals surface area contributed by atoms with E-state index in [4.69, 9.17) is 0 Å². The van der Waals surface area contributed by atoms with Gasteiger partial charge in [-0.25, -0.2) is 0 Å². The number of aliphatic hydroxyl groups is 2. The van der Waals surface area contributed by atoms with Crippen molar-refractivity contribution in [3.63, 3.8) is 0 Å².